The number of rotatable bonds is 4. The summed E-state index contributed by atoms with van der Waals surface area (Å²) >= 11 is 12.5. The number of halogens is 2. The zero-order chi connectivity index (χ0) is 8.85. The third-order valence-corrected chi connectivity index (χ3v) is 2.67. The lowest BCUT2D eigenvalue weighted by Gasteiger charge is -2.00. The molecule has 0 fully saturated rings. The normalized spacial score (nSPS) is 12.7. The summed E-state index contributed by atoms with van der Waals surface area (Å²) in [5.74, 6) is 0.854. The highest BCUT2D eigenvalue weighted by molar-refractivity contribution is 8.04. The number of allylic oxidation sites excluding steroid dienone is 1. The molecule has 0 rings (SSSR count). The largest absolute Gasteiger partial charge is 0.276 e. The van der Waals surface area contributed by atoms with E-state index in [1.54, 1.807) is 0 Å². The molecule has 0 bridgehead atoms. The Balaban J connectivity index is 4.40. The second kappa shape index (κ2) is 5.92. The molecular formula is C7H10Cl2OS. The van der Waals surface area contributed by atoms with Crippen molar-refractivity contribution in [1.82, 2.24) is 0 Å². The van der Waals surface area contributed by atoms with Crippen LogP contribution in [0, 0.1) is 0 Å². The molecule has 1 nitrogen and oxygen atoms in total. The summed E-state index contributed by atoms with van der Waals surface area (Å²) in [6.07, 6.45) is 0.591. The molecule has 0 aliphatic heterocycles. The molecule has 0 aliphatic rings. The van der Waals surface area contributed by atoms with E-state index >= 15 is 0 Å². The summed E-state index contributed by atoms with van der Waals surface area (Å²) in [7, 11) is 0. The predicted molar refractivity (Wildman–Crippen MR) is 52.2 cm³/mol. The second-order valence-corrected chi connectivity index (χ2v) is 4.03. The van der Waals surface area contributed by atoms with Crippen LogP contribution in [0.3, 0.4) is 0 Å². The van der Waals surface area contributed by atoms with Crippen LogP contribution in [-0.2, 0) is 4.79 Å². The molecule has 0 aliphatic carbocycles. The highest BCUT2D eigenvalue weighted by Crippen LogP contribution is 2.26. The number of carbonyl (C=O) groups excluding carboxylic acids is 1. The van der Waals surface area contributed by atoms with E-state index in [-0.39, 0.29) is 0 Å². The topological polar surface area (TPSA) is 17.1 Å². The first-order chi connectivity index (χ1) is 5.13. The Kier molecular flexibility index (Phi) is 6.11. The van der Waals surface area contributed by atoms with Crippen LogP contribution >= 0.6 is 35.0 Å². The Morgan fingerprint density at radius 3 is 2.18 bits per heavy atom. The van der Waals surface area contributed by atoms with E-state index in [9.17, 15) is 4.79 Å². The summed E-state index contributed by atoms with van der Waals surface area (Å²) < 4.78 is 0.523. The monoisotopic (exact) mass is 212 g/mol. The highest BCUT2D eigenvalue weighted by Gasteiger charge is 2.08. The van der Waals surface area contributed by atoms with Crippen LogP contribution in [-0.4, -0.2) is 11.0 Å². The van der Waals surface area contributed by atoms with Crippen molar-refractivity contribution in [2.45, 2.75) is 20.3 Å². The maximum atomic E-state index is 10.7. The van der Waals surface area contributed by atoms with Gasteiger partial charge in [0.1, 0.15) is 0 Å². The molecule has 0 atom stereocenters. The van der Waals surface area contributed by atoms with Crippen molar-refractivity contribution in [3.8, 4) is 0 Å². The third-order valence-electron chi connectivity index (χ3n) is 1.10. The average Bonchev–Trinajstić information content (AvgIpc) is 1.88. The lowest BCUT2D eigenvalue weighted by atomic mass is 10.3. The third kappa shape index (κ3) is 4.04. The maximum Gasteiger partial charge on any atom is 0.250 e. The standard InChI is InChI=1S/C7H10Cl2OS/c1-3-5(6(8)10)7(9)11-4-2/h3-4H2,1-2H3/b7-5-. The summed E-state index contributed by atoms with van der Waals surface area (Å²) in [5.41, 5.74) is 0.514. The van der Waals surface area contributed by atoms with E-state index in [0.717, 1.165) is 5.75 Å². The first-order valence-electron chi connectivity index (χ1n) is 3.34. The fourth-order valence-corrected chi connectivity index (χ4v) is 2.11. The first-order valence-corrected chi connectivity index (χ1v) is 5.08. The van der Waals surface area contributed by atoms with Gasteiger partial charge in [0, 0.05) is 5.57 Å². The fourth-order valence-electron chi connectivity index (χ4n) is 0.569. The van der Waals surface area contributed by atoms with Crippen molar-refractivity contribution < 1.29 is 4.79 Å². The summed E-state index contributed by atoms with van der Waals surface area (Å²) in [5, 5.41) is -0.446. The SMILES string of the molecule is CCS/C(Cl)=C(/CC)C(=O)Cl. The van der Waals surface area contributed by atoms with Gasteiger partial charge in [0.25, 0.3) is 0 Å². The zero-order valence-electron chi connectivity index (χ0n) is 6.49. The van der Waals surface area contributed by atoms with Crippen LogP contribution in [0.25, 0.3) is 0 Å². The highest BCUT2D eigenvalue weighted by atomic mass is 35.5. The first kappa shape index (κ1) is 11.3. The summed E-state index contributed by atoms with van der Waals surface area (Å²) in [6.45, 7) is 3.83. The molecule has 4 heteroatoms. The lowest BCUT2D eigenvalue weighted by molar-refractivity contribution is -0.108. The summed E-state index contributed by atoms with van der Waals surface area (Å²) in [4.78, 5) is 10.7. The molecule has 0 aromatic carbocycles. The van der Waals surface area contributed by atoms with Crippen LogP contribution in [0.5, 0.6) is 0 Å². The zero-order valence-corrected chi connectivity index (χ0v) is 8.81. The van der Waals surface area contributed by atoms with Crippen molar-refractivity contribution in [2.24, 2.45) is 0 Å². The van der Waals surface area contributed by atoms with Gasteiger partial charge in [-0.2, -0.15) is 0 Å². The van der Waals surface area contributed by atoms with Crippen molar-refractivity contribution in [3.63, 3.8) is 0 Å². The van der Waals surface area contributed by atoms with Gasteiger partial charge in [-0.25, -0.2) is 0 Å². The minimum Gasteiger partial charge on any atom is -0.276 e. The molecule has 0 heterocycles. The van der Waals surface area contributed by atoms with Gasteiger partial charge in [-0.3, -0.25) is 4.79 Å². The van der Waals surface area contributed by atoms with Gasteiger partial charge in [-0.15, -0.1) is 11.8 Å². The van der Waals surface area contributed by atoms with Crippen LogP contribution in [0.1, 0.15) is 20.3 Å². The molecule has 64 valence electrons. The molecule has 0 aromatic rings. The van der Waals surface area contributed by atoms with Gasteiger partial charge < -0.3 is 0 Å². The van der Waals surface area contributed by atoms with Crippen molar-refractivity contribution in [2.75, 3.05) is 5.75 Å². The Morgan fingerprint density at radius 2 is 1.91 bits per heavy atom. The molecule has 0 saturated heterocycles. The molecule has 11 heavy (non-hydrogen) atoms. The Labute approximate surface area is 81.1 Å². The lowest BCUT2D eigenvalue weighted by Crippen LogP contribution is -1.93. The minimum absolute atomic E-state index is 0.446. The van der Waals surface area contributed by atoms with Gasteiger partial charge in [0.2, 0.25) is 5.24 Å². The molecule has 0 aromatic heterocycles. The van der Waals surface area contributed by atoms with Gasteiger partial charge in [0.05, 0.1) is 4.36 Å². The molecule has 0 spiro atoms. The predicted octanol–water partition coefficient (Wildman–Crippen LogP) is 3.37. The van der Waals surface area contributed by atoms with E-state index in [4.69, 9.17) is 23.2 Å². The number of hydrogen-bond acceptors (Lipinski definition) is 2. The van der Waals surface area contributed by atoms with Crippen LogP contribution in [0.4, 0.5) is 0 Å². The minimum atomic E-state index is -0.446. The molecule has 0 unspecified atom stereocenters. The van der Waals surface area contributed by atoms with Crippen LogP contribution < -0.4 is 0 Å². The number of thioether (sulfide) groups is 1. The molecule has 0 radical (unpaired) electrons. The van der Waals surface area contributed by atoms with Gasteiger partial charge in [0.15, 0.2) is 0 Å². The van der Waals surface area contributed by atoms with Crippen LogP contribution in [0.2, 0.25) is 0 Å². The summed E-state index contributed by atoms with van der Waals surface area (Å²) in [6, 6.07) is 0. The van der Waals surface area contributed by atoms with E-state index in [1.807, 2.05) is 13.8 Å². The van der Waals surface area contributed by atoms with Crippen LogP contribution in [0.15, 0.2) is 9.94 Å². The average molecular weight is 213 g/mol. The smallest absolute Gasteiger partial charge is 0.250 e. The van der Waals surface area contributed by atoms with Gasteiger partial charge in [-0.05, 0) is 23.8 Å². The molecular weight excluding hydrogens is 203 g/mol. The van der Waals surface area contributed by atoms with Gasteiger partial charge in [-0.1, -0.05) is 25.4 Å². The van der Waals surface area contributed by atoms with E-state index in [1.165, 1.54) is 11.8 Å². The van der Waals surface area contributed by atoms with E-state index in [0.29, 0.717) is 16.4 Å². The second-order valence-electron chi connectivity index (χ2n) is 1.81. The Morgan fingerprint density at radius 1 is 1.36 bits per heavy atom. The quantitative estimate of drug-likeness (QED) is 0.526. The Bertz CT molecular complexity index is 177. The molecule has 0 saturated carbocycles. The Hall–Kier alpha value is 0.340. The van der Waals surface area contributed by atoms with Crippen molar-refractivity contribution >= 4 is 40.2 Å². The fraction of sp³-hybridized carbons (Fsp3) is 0.571. The number of hydrogen-bond donors (Lipinski definition) is 0. The maximum absolute atomic E-state index is 10.7. The van der Waals surface area contributed by atoms with E-state index in [2.05, 4.69) is 0 Å². The molecule has 0 amide bonds. The van der Waals surface area contributed by atoms with Crippen molar-refractivity contribution in [3.05, 3.63) is 9.94 Å². The van der Waals surface area contributed by atoms with E-state index < -0.39 is 5.24 Å². The van der Waals surface area contributed by atoms with Crippen molar-refractivity contribution in [1.29, 1.82) is 0 Å². The number of carbonyl (C=O) groups is 1. The van der Waals surface area contributed by atoms with Gasteiger partial charge >= 0.3 is 0 Å². The molecule has 0 N–H and O–H groups in total.